The Balaban J connectivity index is 1.60. The molecule has 0 spiro atoms. The molecule has 6 heteroatoms. The Labute approximate surface area is 141 Å². The molecular formula is C17H22N2O3S. The van der Waals surface area contributed by atoms with Crippen LogP contribution in [-0.4, -0.2) is 66.8 Å². The zero-order chi connectivity index (χ0) is 16.2. The van der Waals surface area contributed by atoms with Gasteiger partial charge >= 0.3 is 0 Å². The lowest BCUT2D eigenvalue weighted by Crippen LogP contribution is -2.52. The predicted octanol–water partition coefficient (Wildman–Crippen LogP) is 1.87. The summed E-state index contributed by atoms with van der Waals surface area (Å²) in [6.07, 6.45) is 3.48. The molecule has 124 valence electrons. The summed E-state index contributed by atoms with van der Waals surface area (Å²) in [5.41, 5.74) is 0.749. The summed E-state index contributed by atoms with van der Waals surface area (Å²) in [7, 11) is 0. The van der Waals surface area contributed by atoms with Crippen LogP contribution in [0.5, 0.6) is 0 Å². The second-order valence-electron chi connectivity index (χ2n) is 5.82. The SMILES string of the molecule is CSc1ccccc1C(=O)N1CCN(C(=O)[C@H]2CCCO2)CC1. The molecule has 3 rings (SSSR count). The molecule has 1 aromatic carbocycles. The van der Waals surface area contributed by atoms with Gasteiger partial charge in [-0.1, -0.05) is 12.1 Å². The van der Waals surface area contributed by atoms with E-state index in [1.165, 1.54) is 0 Å². The van der Waals surface area contributed by atoms with Gasteiger partial charge in [-0.3, -0.25) is 9.59 Å². The molecule has 0 saturated carbocycles. The third-order valence-electron chi connectivity index (χ3n) is 4.42. The van der Waals surface area contributed by atoms with E-state index in [0.29, 0.717) is 32.8 Å². The van der Waals surface area contributed by atoms with Crippen LogP contribution < -0.4 is 0 Å². The van der Waals surface area contributed by atoms with E-state index in [4.69, 9.17) is 4.74 Å². The third-order valence-corrected chi connectivity index (χ3v) is 5.22. The maximum Gasteiger partial charge on any atom is 0.255 e. The zero-order valence-corrected chi connectivity index (χ0v) is 14.2. The minimum Gasteiger partial charge on any atom is -0.368 e. The molecule has 2 aliphatic rings. The molecule has 0 unspecified atom stereocenters. The first kappa shape index (κ1) is 16.3. The van der Waals surface area contributed by atoms with Crippen molar-refractivity contribution in [3.05, 3.63) is 29.8 Å². The smallest absolute Gasteiger partial charge is 0.255 e. The van der Waals surface area contributed by atoms with Crippen LogP contribution in [0.1, 0.15) is 23.2 Å². The van der Waals surface area contributed by atoms with Gasteiger partial charge in [-0.05, 0) is 31.2 Å². The van der Waals surface area contributed by atoms with Gasteiger partial charge in [-0.15, -0.1) is 11.8 Å². The number of thioether (sulfide) groups is 1. The van der Waals surface area contributed by atoms with Gasteiger partial charge in [0.2, 0.25) is 0 Å². The average molecular weight is 334 g/mol. The van der Waals surface area contributed by atoms with Gasteiger partial charge in [0.25, 0.3) is 11.8 Å². The van der Waals surface area contributed by atoms with Crippen molar-refractivity contribution in [2.24, 2.45) is 0 Å². The molecule has 0 radical (unpaired) electrons. The summed E-state index contributed by atoms with van der Waals surface area (Å²) in [5, 5.41) is 0. The maximum absolute atomic E-state index is 12.7. The van der Waals surface area contributed by atoms with Crippen molar-refractivity contribution in [3.63, 3.8) is 0 Å². The van der Waals surface area contributed by atoms with Crippen LogP contribution >= 0.6 is 11.8 Å². The number of nitrogens with zero attached hydrogens (tertiary/aromatic N) is 2. The van der Waals surface area contributed by atoms with E-state index in [1.807, 2.05) is 40.3 Å². The summed E-state index contributed by atoms with van der Waals surface area (Å²) in [6.45, 7) is 3.03. The Morgan fingerprint density at radius 3 is 2.48 bits per heavy atom. The highest BCUT2D eigenvalue weighted by Gasteiger charge is 2.31. The van der Waals surface area contributed by atoms with Crippen molar-refractivity contribution in [1.82, 2.24) is 9.80 Å². The van der Waals surface area contributed by atoms with Crippen molar-refractivity contribution >= 4 is 23.6 Å². The highest BCUT2D eigenvalue weighted by atomic mass is 32.2. The van der Waals surface area contributed by atoms with E-state index in [1.54, 1.807) is 11.8 Å². The number of hydrogen-bond acceptors (Lipinski definition) is 4. The topological polar surface area (TPSA) is 49.9 Å². The maximum atomic E-state index is 12.7. The summed E-state index contributed by atoms with van der Waals surface area (Å²) >= 11 is 1.58. The number of benzene rings is 1. The number of ether oxygens (including phenoxy) is 1. The van der Waals surface area contributed by atoms with Gasteiger partial charge in [0.1, 0.15) is 6.10 Å². The van der Waals surface area contributed by atoms with E-state index in [2.05, 4.69) is 0 Å². The number of rotatable bonds is 3. The Morgan fingerprint density at radius 2 is 1.83 bits per heavy atom. The summed E-state index contributed by atoms with van der Waals surface area (Å²) in [5.74, 6) is 0.137. The van der Waals surface area contributed by atoms with Crippen molar-refractivity contribution in [2.75, 3.05) is 39.0 Å². The first-order valence-corrected chi connectivity index (χ1v) is 9.26. The summed E-state index contributed by atoms with van der Waals surface area (Å²) in [6, 6.07) is 7.68. The zero-order valence-electron chi connectivity index (χ0n) is 13.4. The molecule has 2 amide bonds. The molecule has 2 aliphatic heterocycles. The molecule has 5 nitrogen and oxygen atoms in total. The second kappa shape index (κ2) is 7.36. The highest BCUT2D eigenvalue weighted by molar-refractivity contribution is 7.98. The second-order valence-corrected chi connectivity index (χ2v) is 6.67. The van der Waals surface area contributed by atoms with E-state index >= 15 is 0 Å². The molecule has 1 atom stereocenters. The van der Waals surface area contributed by atoms with Crippen LogP contribution in [0.15, 0.2) is 29.2 Å². The minimum absolute atomic E-state index is 0.0548. The monoisotopic (exact) mass is 334 g/mol. The van der Waals surface area contributed by atoms with Crippen LogP contribution in [0.25, 0.3) is 0 Å². The van der Waals surface area contributed by atoms with E-state index in [9.17, 15) is 9.59 Å². The van der Waals surface area contributed by atoms with Crippen LogP contribution in [0.4, 0.5) is 0 Å². The number of hydrogen-bond donors (Lipinski definition) is 0. The Bertz CT molecular complexity index is 579. The highest BCUT2D eigenvalue weighted by Crippen LogP contribution is 2.22. The van der Waals surface area contributed by atoms with Gasteiger partial charge < -0.3 is 14.5 Å². The lowest BCUT2D eigenvalue weighted by Gasteiger charge is -2.36. The van der Waals surface area contributed by atoms with Gasteiger partial charge in [0.05, 0.1) is 5.56 Å². The summed E-state index contributed by atoms with van der Waals surface area (Å²) in [4.78, 5) is 29.7. The van der Waals surface area contributed by atoms with E-state index < -0.39 is 0 Å². The minimum atomic E-state index is -0.269. The molecular weight excluding hydrogens is 312 g/mol. The Hall–Kier alpha value is -1.53. The fraction of sp³-hybridized carbons (Fsp3) is 0.529. The average Bonchev–Trinajstić information content (AvgIpc) is 3.15. The molecule has 2 saturated heterocycles. The first-order chi connectivity index (χ1) is 11.2. The largest absolute Gasteiger partial charge is 0.368 e. The molecule has 0 aromatic heterocycles. The molecule has 0 bridgehead atoms. The standard InChI is InChI=1S/C17H22N2O3S/c1-23-15-7-3-2-5-13(15)16(20)18-8-10-19(11-9-18)17(21)14-6-4-12-22-14/h2-3,5,7,14H,4,6,8-12H2,1H3/t14-/m1/s1. The molecule has 0 N–H and O–H groups in total. The Morgan fingerprint density at radius 1 is 1.13 bits per heavy atom. The quantitative estimate of drug-likeness (QED) is 0.792. The van der Waals surface area contributed by atoms with Crippen LogP contribution in [0.3, 0.4) is 0 Å². The van der Waals surface area contributed by atoms with Crippen LogP contribution in [0, 0.1) is 0 Å². The van der Waals surface area contributed by atoms with E-state index in [-0.39, 0.29) is 17.9 Å². The van der Waals surface area contributed by atoms with Crippen LogP contribution in [0.2, 0.25) is 0 Å². The fourth-order valence-corrected chi connectivity index (χ4v) is 3.69. The lowest BCUT2D eigenvalue weighted by molar-refractivity contribution is -0.142. The lowest BCUT2D eigenvalue weighted by atomic mass is 10.1. The van der Waals surface area contributed by atoms with E-state index in [0.717, 1.165) is 23.3 Å². The summed E-state index contributed by atoms with van der Waals surface area (Å²) < 4.78 is 5.47. The van der Waals surface area contributed by atoms with Crippen molar-refractivity contribution in [3.8, 4) is 0 Å². The molecule has 1 aromatic rings. The van der Waals surface area contributed by atoms with Crippen molar-refractivity contribution in [2.45, 2.75) is 23.8 Å². The number of carbonyl (C=O) groups excluding carboxylic acids is 2. The Kier molecular flexibility index (Phi) is 5.23. The number of amides is 2. The molecule has 0 aliphatic carbocycles. The number of carbonyl (C=O) groups is 2. The molecule has 23 heavy (non-hydrogen) atoms. The third kappa shape index (κ3) is 3.53. The van der Waals surface area contributed by atoms with Gasteiger partial charge in [0, 0.05) is 37.7 Å². The van der Waals surface area contributed by atoms with Crippen molar-refractivity contribution in [1.29, 1.82) is 0 Å². The van der Waals surface area contributed by atoms with Gasteiger partial charge in [-0.2, -0.15) is 0 Å². The van der Waals surface area contributed by atoms with Gasteiger partial charge in [0.15, 0.2) is 0 Å². The number of piperazine rings is 1. The normalized spacial score (nSPS) is 21.5. The van der Waals surface area contributed by atoms with Crippen molar-refractivity contribution < 1.29 is 14.3 Å². The predicted molar refractivity (Wildman–Crippen MR) is 89.7 cm³/mol. The first-order valence-electron chi connectivity index (χ1n) is 8.03. The van der Waals surface area contributed by atoms with Crippen LogP contribution in [-0.2, 0) is 9.53 Å². The molecule has 2 fully saturated rings. The van der Waals surface area contributed by atoms with Gasteiger partial charge in [-0.25, -0.2) is 0 Å². The fourth-order valence-electron chi connectivity index (χ4n) is 3.10. The molecule has 2 heterocycles.